The fourth-order valence-corrected chi connectivity index (χ4v) is 1.41. The van der Waals surface area contributed by atoms with Crippen molar-refractivity contribution in [3.8, 4) is 0 Å². The molecule has 0 bridgehead atoms. The number of rotatable bonds is 4. The van der Waals surface area contributed by atoms with Crippen molar-refractivity contribution in [1.29, 1.82) is 0 Å². The lowest BCUT2D eigenvalue weighted by atomic mass is 9.99. The van der Waals surface area contributed by atoms with Gasteiger partial charge in [-0.05, 0) is 6.07 Å². The van der Waals surface area contributed by atoms with Crippen molar-refractivity contribution in [3.63, 3.8) is 0 Å². The highest BCUT2D eigenvalue weighted by molar-refractivity contribution is 6.18. The molecule has 5 heteroatoms. The van der Waals surface area contributed by atoms with Crippen LogP contribution in [0.3, 0.4) is 0 Å². The van der Waals surface area contributed by atoms with E-state index in [9.17, 15) is 19.4 Å². The number of carbonyl (C=O) groups is 1. The van der Waals surface area contributed by atoms with Crippen molar-refractivity contribution < 1.29 is 19.4 Å². The van der Waals surface area contributed by atoms with Crippen molar-refractivity contribution in [3.05, 3.63) is 35.1 Å². The second kappa shape index (κ2) is 5.21. The van der Waals surface area contributed by atoms with Gasteiger partial charge in [-0.15, -0.1) is 11.6 Å². The standard InChI is InChI=1S/C10H10ClFO3/c11-4-8(14)10(15)9-6(5-13)2-1-3-7(9)12/h1-3,5,8,10,14-15H,4H2. The Labute approximate surface area is 91.1 Å². The first kappa shape index (κ1) is 12.1. The van der Waals surface area contributed by atoms with Gasteiger partial charge in [0.05, 0.1) is 12.0 Å². The average molecular weight is 233 g/mol. The Hall–Kier alpha value is -0.970. The van der Waals surface area contributed by atoms with Gasteiger partial charge >= 0.3 is 0 Å². The number of carbonyl (C=O) groups excluding carboxylic acids is 1. The second-order valence-electron chi connectivity index (χ2n) is 3.03. The van der Waals surface area contributed by atoms with Crippen LogP contribution in [0.15, 0.2) is 18.2 Å². The Morgan fingerprint density at radius 3 is 2.67 bits per heavy atom. The van der Waals surface area contributed by atoms with Crippen LogP contribution in [-0.2, 0) is 0 Å². The number of hydrogen-bond donors (Lipinski definition) is 2. The minimum atomic E-state index is -1.50. The van der Waals surface area contributed by atoms with Crippen molar-refractivity contribution in [2.75, 3.05) is 5.88 Å². The number of aldehydes is 1. The molecule has 1 rings (SSSR count). The minimum Gasteiger partial charge on any atom is -0.389 e. The van der Waals surface area contributed by atoms with E-state index < -0.39 is 18.0 Å². The lowest BCUT2D eigenvalue weighted by Gasteiger charge is -2.17. The van der Waals surface area contributed by atoms with Gasteiger partial charge in [-0.1, -0.05) is 12.1 Å². The van der Waals surface area contributed by atoms with Crippen LogP contribution in [0.1, 0.15) is 22.0 Å². The van der Waals surface area contributed by atoms with Crippen molar-refractivity contribution in [2.45, 2.75) is 12.2 Å². The van der Waals surface area contributed by atoms with Gasteiger partial charge in [-0.3, -0.25) is 4.79 Å². The molecule has 1 aromatic rings. The number of hydrogen-bond acceptors (Lipinski definition) is 3. The zero-order valence-electron chi connectivity index (χ0n) is 7.73. The Morgan fingerprint density at radius 1 is 1.47 bits per heavy atom. The summed E-state index contributed by atoms with van der Waals surface area (Å²) in [6.45, 7) is 0. The van der Waals surface area contributed by atoms with Crippen LogP contribution in [0, 0.1) is 5.82 Å². The van der Waals surface area contributed by atoms with Crippen LogP contribution in [0.2, 0.25) is 0 Å². The molecule has 0 spiro atoms. The molecular weight excluding hydrogens is 223 g/mol. The summed E-state index contributed by atoms with van der Waals surface area (Å²) in [7, 11) is 0. The summed E-state index contributed by atoms with van der Waals surface area (Å²) in [5.41, 5.74) is -0.215. The van der Waals surface area contributed by atoms with Gasteiger partial charge < -0.3 is 10.2 Å². The Balaban J connectivity index is 3.16. The second-order valence-corrected chi connectivity index (χ2v) is 3.34. The molecule has 0 aromatic heterocycles. The van der Waals surface area contributed by atoms with Gasteiger partial charge in [0.2, 0.25) is 0 Å². The van der Waals surface area contributed by atoms with E-state index in [0.717, 1.165) is 6.07 Å². The highest BCUT2D eigenvalue weighted by Crippen LogP contribution is 2.23. The molecule has 2 unspecified atom stereocenters. The maximum atomic E-state index is 13.3. The monoisotopic (exact) mass is 232 g/mol. The highest BCUT2D eigenvalue weighted by atomic mass is 35.5. The lowest BCUT2D eigenvalue weighted by molar-refractivity contribution is 0.0300. The number of aliphatic hydroxyl groups excluding tert-OH is 2. The summed E-state index contributed by atoms with van der Waals surface area (Å²) in [4.78, 5) is 10.6. The third-order valence-corrected chi connectivity index (χ3v) is 2.35. The van der Waals surface area contributed by atoms with Crippen LogP contribution in [-0.4, -0.2) is 28.5 Å². The average Bonchev–Trinajstić information content (AvgIpc) is 2.26. The Morgan fingerprint density at radius 2 is 2.13 bits per heavy atom. The summed E-state index contributed by atoms with van der Waals surface area (Å²) >= 11 is 5.32. The van der Waals surface area contributed by atoms with E-state index in [0.29, 0.717) is 6.29 Å². The molecule has 82 valence electrons. The van der Waals surface area contributed by atoms with E-state index in [-0.39, 0.29) is 17.0 Å². The first-order valence-electron chi connectivity index (χ1n) is 4.27. The summed E-state index contributed by atoms with van der Waals surface area (Å²) in [6, 6.07) is 3.81. The first-order chi connectivity index (χ1) is 7.11. The zero-order valence-corrected chi connectivity index (χ0v) is 8.49. The van der Waals surface area contributed by atoms with Crippen LogP contribution < -0.4 is 0 Å². The molecule has 0 saturated heterocycles. The fraction of sp³-hybridized carbons (Fsp3) is 0.300. The van der Waals surface area contributed by atoms with Gasteiger partial charge in [0.1, 0.15) is 11.9 Å². The minimum absolute atomic E-state index is 0.00617. The smallest absolute Gasteiger partial charge is 0.150 e. The van der Waals surface area contributed by atoms with Crippen LogP contribution in [0.4, 0.5) is 4.39 Å². The molecule has 0 fully saturated rings. The highest BCUT2D eigenvalue weighted by Gasteiger charge is 2.23. The molecule has 0 amide bonds. The predicted molar refractivity (Wildman–Crippen MR) is 53.5 cm³/mol. The third kappa shape index (κ3) is 2.53. The number of benzene rings is 1. The van der Waals surface area contributed by atoms with Crippen LogP contribution >= 0.6 is 11.6 Å². The maximum Gasteiger partial charge on any atom is 0.150 e. The summed E-state index contributed by atoms with van der Waals surface area (Å²) < 4.78 is 13.3. The molecule has 0 aliphatic rings. The molecule has 0 saturated carbocycles. The summed E-state index contributed by atoms with van der Waals surface area (Å²) in [6.07, 6.45) is -2.38. The van der Waals surface area contributed by atoms with Gasteiger partial charge in [-0.2, -0.15) is 0 Å². The quantitative estimate of drug-likeness (QED) is 0.607. The molecule has 0 heterocycles. The Kier molecular flexibility index (Phi) is 4.20. The molecule has 2 N–H and O–H groups in total. The van der Waals surface area contributed by atoms with Gasteiger partial charge in [0.15, 0.2) is 6.29 Å². The van der Waals surface area contributed by atoms with Crippen molar-refractivity contribution in [1.82, 2.24) is 0 Å². The fourth-order valence-electron chi connectivity index (χ4n) is 1.25. The molecule has 3 nitrogen and oxygen atoms in total. The van der Waals surface area contributed by atoms with Gasteiger partial charge in [-0.25, -0.2) is 4.39 Å². The number of alkyl halides is 1. The molecule has 15 heavy (non-hydrogen) atoms. The first-order valence-corrected chi connectivity index (χ1v) is 4.81. The van der Waals surface area contributed by atoms with E-state index >= 15 is 0 Å². The predicted octanol–water partition coefficient (Wildman–Crippen LogP) is 1.27. The number of halogens is 2. The molecule has 1 aromatic carbocycles. The van der Waals surface area contributed by atoms with Crippen molar-refractivity contribution in [2.24, 2.45) is 0 Å². The van der Waals surface area contributed by atoms with Crippen LogP contribution in [0.5, 0.6) is 0 Å². The number of aliphatic hydroxyl groups is 2. The molecule has 0 aliphatic heterocycles. The van der Waals surface area contributed by atoms with E-state index in [1.165, 1.54) is 12.1 Å². The normalized spacial score (nSPS) is 14.7. The van der Waals surface area contributed by atoms with E-state index in [4.69, 9.17) is 11.6 Å². The Bertz CT molecular complexity index is 357. The largest absolute Gasteiger partial charge is 0.389 e. The van der Waals surface area contributed by atoms with E-state index in [1.54, 1.807) is 0 Å². The topological polar surface area (TPSA) is 57.5 Å². The van der Waals surface area contributed by atoms with Crippen molar-refractivity contribution >= 4 is 17.9 Å². The van der Waals surface area contributed by atoms with E-state index in [1.807, 2.05) is 0 Å². The molecule has 0 radical (unpaired) electrons. The summed E-state index contributed by atoms with van der Waals surface area (Å²) in [5.74, 6) is -0.982. The maximum absolute atomic E-state index is 13.3. The SMILES string of the molecule is O=Cc1cccc(F)c1C(O)C(O)CCl. The molecule has 0 aliphatic carbocycles. The van der Waals surface area contributed by atoms with E-state index in [2.05, 4.69) is 0 Å². The van der Waals surface area contributed by atoms with Crippen LogP contribution in [0.25, 0.3) is 0 Å². The third-order valence-electron chi connectivity index (χ3n) is 2.03. The lowest BCUT2D eigenvalue weighted by Crippen LogP contribution is -2.22. The molecular formula is C10H10ClFO3. The zero-order chi connectivity index (χ0) is 11.4. The summed E-state index contributed by atoms with van der Waals surface area (Å²) in [5, 5.41) is 18.8. The molecule has 2 atom stereocenters. The van der Waals surface area contributed by atoms with Gasteiger partial charge in [0, 0.05) is 11.1 Å². The van der Waals surface area contributed by atoms with Gasteiger partial charge in [0.25, 0.3) is 0 Å².